The molecule has 6 heteroatoms. The maximum absolute atomic E-state index is 13.5. The first-order valence-corrected chi connectivity index (χ1v) is 8.46. The second-order valence-corrected chi connectivity index (χ2v) is 6.44. The smallest absolute Gasteiger partial charge is 0.224 e. The highest BCUT2D eigenvalue weighted by Crippen LogP contribution is 2.34. The third-order valence-corrected chi connectivity index (χ3v) is 4.79. The lowest BCUT2D eigenvalue weighted by molar-refractivity contribution is -0.116. The third-order valence-electron chi connectivity index (χ3n) is 3.92. The van der Waals surface area contributed by atoms with Crippen LogP contribution in [-0.4, -0.2) is 10.9 Å². The van der Waals surface area contributed by atoms with Gasteiger partial charge in [0.15, 0.2) is 0 Å². The summed E-state index contributed by atoms with van der Waals surface area (Å²) in [6, 6.07) is 12.3. The summed E-state index contributed by atoms with van der Waals surface area (Å²) in [6.07, 6.45) is 1.23. The van der Waals surface area contributed by atoms with Crippen LogP contribution in [0.4, 0.5) is 21.6 Å². The van der Waals surface area contributed by atoms with E-state index in [0.29, 0.717) is 12.2 Å². The highest BCUT2D eigenvalue weighted by molar-refractivity contribution is 7.13. The van der Waals surface area contributed by atoms with Crippen molar-refractivity contribution in [3.05, 3.63) is 59.4 Å². The molecule has 2 heterocycles. The van der Waals surface area contributed by atoms with Crippen molar-refractivity contribution < 1.29 is 9.18 Å². The number of amides is 1. The Balaban J connectivity index is 1.63. The first-order valence-electron chi connectivity index (χ1n) is 7.58. The molecule has 0 radical (unpaired) electrons. The van der Waals surface area contributed by atoms with Crippen molar-refractivity contribution in [2.24, 2.45) is 0 Å². The molecule has 0 atom stereocenters. The molecule has 0 aliphatic carbocycles. The van der Waals surface area contributed by atoms with E-state index in [1.54, 1.807) is 11.6 Å². The summed E-state index contributed by atoms with van der Waals surface area (Å²) in [7, 11) is 0. The van der Waals surface area contributed by atoms with Crippen molar-refractivity contribution in [3.63, 3.8) is 0 Å². The topological polar surface area (TPSA) is 54.0 Å². The molecule has 120 valence electrons. The zero-order chi connectivity index (χ0) is 16.5. The van der Waals surface area contributed by atoms with E-state index in [0.717, 1.165) is 33.8 Å². The molecule has 1 amide bonds. The molecule has 2 aromatic carbocycles. The number of thiazole rings is 1. The highest BCUT2D eigenvalue weighted by Gasteiger charge is 2.16. The first kappa shape index (κ1) is 14.8. The number of fused-ring (bicyclic) bond motifs is 1. The Morgan fingerprint density at radius 1 is 1.17 bits per heavy atom. The van der Waals surface area contributed by atoms with Gasteiger partial charge in [0.25, 0.3) is 0 Å². The number of aromatic nitrogens is 1. The summed E-state index contributed by atoms with van der Waals surface area (Å²) >= 11 is 1.46. The van der Waals surface area contributed by atoms with E-state index in [1.165, 1.54) is 23.5 Å². The molecule has 0 bridgehead atoms. The Labute approximate surface area is 142 Å². The highest BCUT2D eigenvalue weighted by atomic mass is 32.1. The van der Waals surface area contributed by atoms with Crippen LogP contribution < -0.4 is 10.6 Å². The molecule has 0 saturated heterocycles. The van der Waals surface area contributed by atoms with Gasteiger partial charge in [-0.3, -0.25) is 4.79 Å². The third kappa shape index (κ3) is 2.88. The van der Waals surface area contributed by atoms with Crippen LogP contribution in [0.1, 0.15) is 12.0 Å². The van der Waals surface area contributed by atoms with Gasteiger partial charge in [-0.25, -0.2) is 9.37 Å². The average molecular weight is 339 g/mol. The number of carbonyl (C=O) groups is 1. The maximum atomic E-state index is 13.5. The Morgan fingerprint density at radius 3 is 2.96 bits per heavy atom. The molecular weight excluding hydrogens is 325 g/mol. The fourth-order valence-corrected chi connectivity index (χ4v) is 3.51. The minimum atomic E-state index is -0.267. The van der Waals surface area contributed by atoms with E-state index >= 15 is 0 Å². The standard InChI is InChI=1S/C18H14FN3OS/c19-13-3-1-2-12(8-13)17-18(20-10-24-17)21-14-5-6-15-11(9-14)4-7-16(23)22-15/h1-3,5-6,8-10,21H,4,7H2,(H,22,23). The Hall–Kier alpha value is -2.73. The molecule has 1 aliphatic rings. The van der Waals surface area contributed by atoms with Gasteiger partial charge in [0.05, 0.1) is 10.4 Å². The van der Waals surface area contributed by atoms with Crippen molar-refractivity contribution in [1.29, 1.82) is 0 Å². The van der Waals surface area contributed by atoms with Crippen molar-refractivity contribution in [1.82, 2.24) is 4.98 Å². The Kier molecular flexibility index (Phi) is 3.74. The summed E-state index contributed by atoms with van der Waals surface area (Å²) in [5.41, 5.74) is 5.39. The molecule has 24 heavy (non-hydrogen) atoms. The number of benzene rings is 2. The second-order valence-electron chi connectivity index (χ2n) is 5.59. The van der Waals surface area contributed by atoms with E-state index < -0.39 is 0 Å². The first-order chi connectivity index (χ1) is 11.7. The number of hydrogen-bond acceptors (Lipinski definition) is 4. The number of hydrogen-bond donors (Lipinski definition) is 2. The summed E-state index contributed by atoms with van der Waals surface area (Å²) in [6.45, 7) is 0. The van der Waals surface area contributed by atoms with Crippen LogP contribution in [-0.2, 0) is 11.2 Å². The van der Waals surface area contributed by atoms with Gasteiger partial charge in [-0.2, -0.15) is 0 Å². The number of rotatable bonds is 3. The van der Waals surface area contributed by atoms with Gasteiger partial charge in [-0.1, -0.05) is 12.1 Å². The van der Waals surface area contributed by atoms with Crippen LogP contribution in [0.3, 0.4) is 0 Å². The van der Waals surface area contributed by atoms with Gasteiger partial charge in [-0.05, 0) is 47.9 Å². The molecule has 4 rings (SSSR count). The lowest BCUT2D eigenvalue weighted by atomic mass is 10.0. The molecule has 3 aromatic rings. The molecule has 0 unspecified atom stereocenters. The van der Waals surface area contributed by atoms with Gasteiger partial charge >= 0.3 is 0 Å². The quantitative estimate of drug-likeness (QED) is 0.734. The number of carbonyl (C=O) groups excluding carboxylic acids is 1. The summed E-state index contributed by atoms with van der Waals surface area (Å²) in [4.78, 5) is 16.7. The van der Waals surface area contributed by atoms with Crippen molar-refractivity contribution >= 4 is 34.4 Å². The molecule has 0 spiro atoms. The minimum Gasteiger partial charge on any atom is -0.339 e. The number of halogens is 1. The molecule has 1 aliphatic heterocycles. The zero-order valence-corrected chi connectivity index (χ0v) is 13.5. The SMILES string of the molecule is O=C1CCc2cc(Nc3ncsc3-c3cccc(F)c3)ccc2N1. The second kappa shape index (κ2) is 6.05. The van der Waals surface area contributed by atoms with Gasteiger partial charge in [0.1, 0.15) is 11.6 Å². The predicted octanol–water partition coefficient (Wildman–Crippen LogP) is 4.58. The minimum absolute atomic E-state index is 0.0519. The lowest BCUT2D eigenvalue weighted by Gasteiger charge is -2.18. The van der Waals surface area contributed by atoms with Crippen molar-refractivity contribution in [2.75, 3.05) is 10.6 Å². The molecular formula is C18H14FN3OS. The van der Waals surface area contributed by atoms with Gasteiger partial charge < -0.3 is 10.6 Å². The lowest BCUT2D eigenvalue weighted by Crippen LogP contribution is -2.18. The van der Waals surface area contributed by atoms with E-state index in [9.17, 15) is 9.18 Å². The number of nitrogens with one attached hydrogen (secondary N) is 2. The molecule has 0 saturated carbocycles. The number of nitrogens with zero attached hydrogens (tertiary/aromatic N) is 1. The number of aryl methyl sites for hydroxylation is 1. The molecule has 0 fully saturated rings. The van der Waals surface area contributed by atoms with E-state index in [1.807, 2.05) is 24.3 Å². The monoisotopic (exact) mass is 339 g/mol. The number of anilines is 3. The van der Waals surface area contributed by atoms with Crippen LogP contribution in [0.15, 0.2) is 48.0 Å². The Bertz CT molecular complexity index is 922. The van der Waals surface area contributed by atoms with Crippen molar-refractivity contribution in [3.8, 4) is 10.4 Å². The molecule has 1 aromatic heterocycles. The fraction of sp³-hybridized carbons (Fsp3) is 0.111. The van der Waals surface area contributed by atoms with Crippen LogP contribution in [0.25, 0.3) is 10.4 Å². The van der Waals surface area contributed by atoms with E-state index in [2.05, 4.69) is 15.6 Å². The van der Waals surface area contributed by atoms with Crippen molar-refractivity contribution in [2.45, 2.75) is 12.8 Å². The van der Waals surface area contributed by atoms with Crippen LogP contribution in [0.2, 0.25) is 0 Å². The summed E-state index contributed by atoms with van der Waals surface area (Å²) in [5.74, 6) is 0.484. The van der Waals surface area contributed by atoms with Crippen LogP contribution in [0, 0.1) is 5.82 Å². The largest absolute Gasteiger partial charge is 0.339 e. The van der Waals surface area contributed by atoms with Crippen LogP contribution >= 0.6 is 11.3 Å². The summed E-state index contributed by atoms with van der Waals surface area (Å²) in [5, 5.41) is 6.16. The normalized spacial score (nSPS) is 13.3. The van der Waals surface area contributed by atoms with E-state index in [-0.39, 0.29) is 11.7 Å². The average Bonchev–Trinajstić information content (AvgIpc) is 3.03. The van der Waals surface area contributed by atoms with Gasteiger partial charge in [0, 0.05) is 17.8 Å². The maximum Gasteiger partial charge on any atom is 0.224 e. The summed E-state index contributed by atoms with van der Waals surface area (Å²) < 4.78 is 13.5. The Morgan fingerprint density at radius 2 is 2.08 bits per heavy atom. The predicted molar refractivity (Wildman–Crippen MR) is 94.2 cm³/mol. The zero-order valence-electron chi connectivity index (χ0n) is 12.7. The van der Waals surface area contributed by atoms with E-state index in [4.69, 9.17) is 0 Å². The molecule has 4 nitrogen and oxygen atoms in total. The van der Waals surface area contributed by atoms with Gasteiger partial charge in [0.2, 0.25) is 5.91 Å². The van der Waals surface area contributed by atoms with Crippen LogP contribution in [0.5, 0.6) is 0 Å². The fourth-order valence-electron chi connectivity index (χ4n) is 2.77. The molecule has 2 N–H and O–H groups in total. The van der Waals surface area contributed by atoms with Gasteiger partial charge in [-0.15, -0.1) is 11.3 Å².